The van der Waals surface area contributed by atoms with Crippen LogP contribution in [0, 0.1) is 5.92 Å². The van der Waals surface area contributed by atoms with Crippen LogP contribution in [0.15, 0.2) is 12.2 Å². The molecule has 1 heterocycles. The zero-order valence-corrected chi connectivity index (χ0v) is 6.67. The van der Waals surface area contributed by atoms with Crippen molar-refractivity contribution >= 4 is 5.78 Å². The van der Waals surface area contributed by atoms with Gasteiger partial charge in [-0.25, -0.2) is 0 Å². The van der Waals surface area contributed by atoms with E-state index in [1.807, 2.05) is 6.92 Å². The predicted octanol–water partition coefficient (Wildman–Crippen LogP) is 1.31. The molecule has 0 aromatic rings. The largest absolute Gasteiger partial charge is 0.361 e. The molecular weight excluding hydrogens is 140 g/mol. The Morgan fingerprint density at radius 3 is 3.00 bits per heavy atom. The first kappa shape index (κ1) is 7.04. The maximum Gasteiger partial charge on any atom is 0.164 e. The van der Waals surface area contributed by atoms with Crippen LogP contribution in [0.3, 0.4) is 0 Å². The second kappa shape index (κ2) is 2.18. The van der Waals surface area contributed by atoms with Crippen molar-refractivity contribution in [1.29, 1.82) is 0 Å². The van der Waals surface area contributed by atoms with Crippen LogP contribution in [0.2, 0.25) is 0 Å². The third kappa shape index (κ3) is 1.11. The Kier molecular flexibility index (Phi) is 1.39. The van der Waals surface area contributed by atoms with Crippen LogP contribution in [0.1, 0.15) is 19.8 Å². The maximum absolute atomic E-state index is 11.2. The van der Waals surface area contributed by atoms with Gasteiger partial charge in [0.1, 0.15) is 6.10 Å². The van der Waals surface area contributed by atoms with Crippen LogP contribution < -0.4 is 0 Å². The van der Waals surface area contributed by atoms with Crippen LogP contribution in [0.5, 0.6) is 0 Å². The van der Waals surface area contributed by atoms with Gasteiger partial charge in [-0.05, 0) is 19.3 Å². The van der Waals surface area contributed by atoms with Crippen molar-refractivity contribution in [3.05, 3.63) is 12.2 Å². The van der Waals surface area contributed by atoms with Gasteiger partial charge in [-0.2, -0.15) is 0 Å². The van der Waals surface area contributed by atoms with Crippen molar-refractivity contribution < 1.29 is 9.53 Å². The normalized spacial score (nSPS) is 41.5. The number of rotatable bonds is 1. The van der Waals surface area contributed by atoms with Crippen molar-refractivity contribution in [3.8, 4) is 0 Å². The molecule has 2 aliphatic rings. The molecule has 2 rings (SSSR count). The summed E-state index contributed by atoms with van der Waals surface area (Å²) in [6.45, 7) is 5.85. The number of Topliss-reactive ketones (excluding diaryl/α,β-unsaturated/α-hetero) is 1. The molecule has 1 aliphatic heterocycles. The lowest BCUT2D eigenvalue weighted by Crippen LogP contribution is -2.23. The predicted molar refractivity (Wildman–Crippen MR) is 41.2 cm³/mol. The van der Waals surface area contributed by atoms with Crippen molar-refractivity contribution in [3.63, 3.8) is 0 Å². The minimum absolute atomic E-state index is 0.0365. The second-order valence-corrected chi connectivity index (χ2v) is 3.54. The molecule has 1 saturated heterocycles. The quantitative estimate of drug-likeness (QED) is 0.419. The fourth-order valence-electron chi connectivity index (χ4n) is 1.70. The molecule has 1 saturated carbocycles. The number of carbonyl (C=O) groups excluding carboxylic acids is 1. The molecule has 0 radical (unpaired) electrons. The Morgan fingerprint density at radius 2 is 2.45 bits per heavy atom. The van der Waals surface area contributed by atoms with Crippen molar-refractivity contribution in [2.24, 2.45) is 5.92 Å². The number of hydrogen-bond acceptors (Lipinski definition) is 2. The van der Waals surface area contributed by atoms with Crippen LogP contribution in [0.4, 0.5) is 0 Å². The Bertz CT molecular complexity index is 220. The molecule has 0 aromatic heterocycles. The van der Waals surface area contributed by atoms with Gasteiger partial charge in [0, 0.05) is 6.42 Å². The molecule has 2 heteroatoms. The SMILES string of the molecule is C=C(C)C1CC(=O)C2OC2C1. The summed E-state index contributed by atoms with van der Waals surface area (Å²) in [7, 11) is 0. The van der Waals surface area contributed by atoms with Gasteiger partial charge in [0.25, 0.3) is 0 Å². The summed E-state index contributed by atoms with van der Waals surface area (Å²) < 4.78 is 5.18. The van der Waals surface area contributed by atoms with E-state index in [4.69, 9.17) is 4.74 Å². The summed E-state index contributed by atoms with van der Waals surface area (Å²) in [6.07, 6.45) is 1.85. The van der Waals surface area contributed by atoms with Crippen molar-refractivity contribution in [2.75, 3.05) is 0 Å². The van der Waals surface area contributed by atoms with E-state index >= 15 is 0 Å². The molecule has 11 heavy (non-hydrogen) atoms. The number of ether oxygens (including phenoxy) is 1. The molecule has 0 N–H and O–H groups in total. The first-order chi connectivity index (χ1) is 5.18. The number of hydrogen-bond donors (Lipinski definition) is 0. The van der Waals surface area contributed by atoms with Gasteiger partial charge in [0.2, 0.25) is 0 Å². The molecular formula is C9H12O2. The lowest BCUT2D eigenvalue weighted by Gasteiger charge is -2.17. The van der Waals surface area contributed by atoms with Crippen LogP contribution in [0.25, 0.3) is 0 Å². The van der Waals surface area contributed by atoms with E-state index in [-0.39, 0.29) is 18.0 Å². The summed E-state index contributed by atoms with van der Waals surface area (Å²) in [5, 5.41) is 0. The highest BCUT2D eigenvalue weighted by atomic mass is 16.6. The van der Waals surface area contributed by atoms with E-state index in [0.717, 1.165) is 12.0 Å². The van der Waals surface area contributed by atoms with Crippen LogP contribution in [-0.2, 0) is 9.53 Å². The summed E-state index contributed by atoms with van der Waals surface area (Å²) in [5.74, 6) is 0.653. The Balaban J connectivity index is 2.05. The summed E-state index contributed by atoms with van der Waals surface area (Å²) in [5.41, 5.74) is 1.12. The number of epoxide rings is 1. The highest BCUT2D eigenvalue weighted by Gasteiger charge is 2.49. The van der Waals surface area contributed by atoms with E-state index in [1.54, 1.807) is 0 Å². The Morgan fingerprint density at radius 1 is 1.73 bits per heavy atom. The van der Waals surface area contributed by atoms with Gasteiger partial charge in [0.15, 0.2) is 5.78 Å². The van der Waals surface area contributed by atoms with Gasteiger partial charge < -0.3 is 4.74 Å². The van der Waals surface area contributed by atoms with Crippen molar-refractivity contribution in [2.45, 2.75) is 32.0 Å². The summed E-state index contributed by atoms with van der Waals surface area (Å²) in [6, 6.07) is 0. The molecule has 0 aromatic carbocycles. The van der Waals surface area contributed by atoms with Gasteiger partial charge in [-0.3, -0.25) is 4.79 Å². The second-order valence-electron chi connectivity index (χ2n) is 3.54. The average Bonchev–Trinajstić information content (AvgIpc) is 2.66. The first-order valence-electron chi connectivity index (χ1n) is 4.02. The Hall–Kier alpha value is -0.630. The molecule has 3 atom stereocenters. The third-order valence-corrected chi connectivity index (χ3v) is 2.56. The fourth-order valence-corrected chi connectivity index (χ4v) is 1.70. The van der Waals surface area contributed by atoms with Crippen LogP contribution in [-0.4, -0.2) is 18.0 Å². The lowest BCUT2D eigenvalue weighted by molar-refractivity contribution is -0.121. The minimum Gasteiger partial charge on any atom is -0.361 e. The maximum atomic E-state index is 11.2. The number of fused-ring (bicyclic) bond motifs is 1. The molecule has 3 unspecified atom stereocenters. The molecule has 60 valence electrons. The zero-order chi connectivity index (χ0) is 8.01. The smallest absolute Gasteiger partial charge is 0.164 e. The fraction of sp³-hybridized carbons (Fsp3) is 0.667. The Labute approximate surface area is 66.2 Å². The molecule has 2 nitrogen and oxygen atoms in total. The van der Waals surface area contributed by atoms with Crippen molar-refractivity contribution in [1.82, 2.24) is 0 Å². The van der Waals surface area contributed by atoms with Gasteiger partial charge in [-0.1, -0.05) is 12.2 Å². The average molecular weight is 152 g/mol. The minimum atomic E-state index is -0.0365. The van der Waals surface area contributed by atoms with Gasteiger partial charge >= 0.3 is 0 Å². The zero-order valence-electron chi connectivity index (χ0n) is 6.67. The van der Waals surface area contributed by atoms with E-state index in [1.165, 1.54) is 0 Å². The van der Waals surface area contributed by atoms with Gasteiger partial charge in [-0.15, -0.1) is 0 Å². The molecule has 0 amide bonds. The van der Waals surface area contributed by atoms with E-state index < -0.39 is 0 Å². The number of ketones is 1. The highest BCUT2D eigenvalue weighted by molar-refractivity contribution is 5.87. The van der Waals surface area contributed by atoms with E-state index in [2.05, 4.69) is 6.58 Å². The van der Waals surface area contributed by atoms with E-state index in [0.29, 0.717) is 12.3 Å². The topological polar surface area (TPSA) is 29.6 Å². The molecule has 0 spiro atoms. The summed E-state index contributed by atoms with van der Waals surface area (Å²) in [4.78, 5) is 11.2. The van der Waals surface area contributed by atoms with E-state index in [9.17, 15) is 4.79 Å². The van der Waals surface area contributed by atoms with Gasteiger partial charge in [0.05, 0.1) is 6.10 Å². The number of allylic oxidation sites excluding steroid dienone is 1. The molecule has 1 aliphatic carbocycles. The lowest BCUT2D eigenvalue weighted by atomic mass is 9.84. The first-order valence-corrected chi connectivity index (χ1v) is 4.02. The molecule has 0 bridgehead atoms. The summed E-state index contributed by atoms with van der Waals surface area (Å²) >= 11 is 0. The highest BCUT2D eigenvalue weighted by Crippen LogP contribution is 2.39. The number of carbonyl (C=O) groups is 1. The van der Waals surface area contributed by atoms with Crippen LogP contribution >= 0.6 is 0 Å². The standard InChI is InChI=1S/C9H12O2/c1-5(2)6-3-7(10)9-8(4-6)11-9/h6,8-9H,1,3-4H2,2H3. The molecule has 2 fully saturated rings. The third-order valence-electron chi connectivity index (χ3n) is 2.56. The monoisotopic (exact) mass is 152 g/mol.